The average Bonchev–Trinajstić information content (AvgIpc) is 3.52. The first-order chi connectivity index (χ1) is 17.3. The Morgan fingerprint density at radius 3 is 1.51 bits per heavy atom. The van der Waals surface area contributed by atoms with Gasteiger partial charge in [0.2, 0.25) is 0 Å². The predicted octanol–water partition coefficient (Wildman–Crippen LogP) is 6.68. The van der Waals surface area contributed by atoms with Crippen LogP contribution >= 0.6 is 22.7 Å². The van der Waals surface area contributed by atoms with Crippen LogP contribution in [0.15, 0.2) is 83.6 Å². The van der Waals surface area contributed by atoms with Crippen LogP contribution in [0.2, 0.25) is 0 Å². The van der Waals surface area contributed by atoms with Gasteiger partial charge in [0.1, 0.15) is 11.5 Å². The molecule has 1 aliphatic rings. The highest BCUT2D eigenvalue weighted by atomic mass is 32.1. The molecule has 3 heterocycles. The molecule has 0 unspecified atom stereocenters. The highest BCUT2D eigenvalue weighted by Gasteiger charge is 2.17. The van der Waals surface area contributed by atoms with Crippen molar-refractivity contribution in [1.29, 1.82) is 0 Å². The van der Waals surface area contributed by atoms with Crippen LogP contribution in [0.4, 0.5) is 0 Å². The monoisotopic (exact) mass is 504 g/mol. The zero-order valence-corrected chi connectivity index (χ0v) is 21.6. The highest BCUT2D eigenvalue weighted by Crippen LogP contribution is 2.29. The summed E-state index contributed by atoms with van der Waals surface area (Å²) in [6, 6.07) is 25.8. The molecule has 0 aliphatic carbocycles. The van der Waals surface area contributed by atoms with Gasteiger partial charge in [-0.05, 0) is 34.0 Å². The second kappa shape index (κ2) is 12.4. The van der Waals surface area contributed by atoms with Crippen molar-refractivity contribution in [3.8, 4) is 11.5 Å². The van der Waals surface area contributed by atoms with Crippen LogP contribution in [-0.2, 0) is 26.2 Å². The quantitative estimate of drug-likeness (QED) is 0.310. The van der Waals surface area contributed by atoms with Gasteiger partial charge in [-0.1, -0.05) is 60.7 Å². The number of ether oxygens (including phenoxy) is 2. The van der Waals surface area contributed by atoms with Crippen molar-refractivity contribution >= 4 is 22.7 Å². The summed E-state index contributed by atoms with van der Waals surface area (Å²) in [6.07, 6.45) is 0.867. The molecule has 0 radical (unpaired) electrons. The number of thiophene rings is 2. The maximum Gasteiger partial charge on any atom is 0.134 e. The molecule has 0 saturated heterocycles. The van der Waals surface area contributed by atoms with Crippen molar-refractivity contribution in [2.45, 2.75) is 32.6 Å². The average molecular weight is 505 g/mol. The molecule has 0 amide bonds. The Morgan fingerprint density at radius 1 is 0.600 bits per heavy atom. The molecule has 0 saturated carbocycles. The topological polar surface area (TPSA) is 24.9 Å². The second-order valence-corrected chi connectivity index (χ2v) is 10.9. The molecule has 0 fully saturated rings. The lowest BCUT2D eigenvalue weighted by molar-refractivity contribution is 0.182. The van der Waals surface area contributed by atoms with Crippen LogP contribution in [0.25, 0.3) is 0 Å². The number of hydrogen-bond donors (Lipinski definition) is 0. The third kappa shape index (κ3) is 6.95. The fourth-order valence-corrected chi connectivity index (χ4v) is 6.08. The zero-order chi connectivity index (χ0) is 23.7. The minimum Gasteiger partial charge on any atom is -0.492 e. The predicted molar refractivity (Wildman–Crippen MR) is 145 cm³/mol. The van der Waals surface area contributed by atoms with Gasteiger partial charge in [0, 0.05) is 45.7 Å². The highest BCUT2D eigenvalue weighted by molar-refractivity contribution is 7.10. The number of hydrogen-bond acceptors (Lipinski definition) is 6. The van der Waals surface area contributed by atoms with E-state index in [1.54, 1.807) is 22.7 Å². The van der Waals surface area contributed by atoms with Crippen molar-refractivity contribution in [2.24, 2.45) is 0 Å². The Kier molecular flexibility index (Phi) is 8.50. The molecule has 0 bridgehead atoms. The molecule has 0 N–H and O–H groups in total. The van der Waals surface area contributed by atoms with Gasteiger partial charge < -0.3 is 9.47 Å². The number of rotatable bonds is 4. The zero-order valence-electron chi connectivity index (χ0n) is 20.0. The fraction of sp³-hybridized carbons (Fsp3) is 0.310. The van der Waals surface area contributed by atoms with Crippen LogP contribution in [0.3, 0.4) is 0 Å². The van der Waals surface area contributed by atoms with E-state index in [9.17, 15) is 0 Å². The van der Waals surface area contributed by atoms with E-state index in [0.717, 1.165) is 57.2 Å². The first-order valence-corrected chi connectivity index (χ1v) is 14.0. The van der Waals surface area contributed by atoms with Crippen LogP contribution in [0, 0.1) is 0 Å². The normalized spacial score (nSPS) is 16.2. The summed E-state index contributed by atoms with van der Waals surface area (Å²) in [5, 5.41) is 4.29. The van der Waals surface area contributed by atoms with E-state index in [-0.39, 0.29) is 0 Å². The molecular weight excluding hydrogens is 472 g/mol. The van der Waals surface area contributed by atoms with Crippen LogP contribution in [-0.4, -0.2) is 36.1 Å². The lowest BCUT2D eigenvalue weighted by atomic mass is 10.2. The molecule has 5 rings (SSSR count). The first-order valence-electron chi connectivity index (χ1n) is 12.2. The van der Waals surface area contributed by atoms with Gasteiger partial charge in [0.25, 0.3) is 0 Å². The minimum absolute atomic E-state index is 0.669. The van der Waals surface area contributed by atoms with E-state index in [1.165, 1.54) is 20.9 Å². The summed E-state index contributed by atoms with van der Waals surface area (Å²) in [6.45, 7) is 6.91. The van der Waals surface area contributed by atoms with Crippen molar-refractivity contribution < 1.29 is 9.47 Å². The van der Waals surface area contributed by atoms with Gasteiger partial charge in [-0.15, -0.1) is 22.7 Å². The second-order valence-electron chi connectivity index (χ2n) is 8.86. The van der Waals surface area contributed by atoms with E-state index >= 15 is 0 Å². The van der Waals surface area contributed by atoms with Gasteiger partial charge in [0.05, 0.1) is 23.0 Å². The third-order valence-electron chi connectivity index (χ3n) is 6.18. The molecule has 6 heteroatoms. The van der Waals surface area contributed by atoms with E-state index in [0.29, 0.717) is 13.2 Å². The molecule has 182 valence electrons. The maximum atomic E-state index is 6.17. The maximum absolute atomic E-state index is 6.17. The van der Waals surface area contributed by atoms with E-state index in [1.807, 2.05) is 0 Å². The van der Waals surface area contributed by atoms with Crippen LogP contribution in [0.5, 0.6) is 11.5 Å². The summed E-state index contributed by atoms with van der Waals surface area (Å²) in [4.78, 5) is 7.70. The van der Waals surface area contributed by atoms with Crippen LogP contribution in [0.1, 0.15) is 27.3 Å². The van der Waals surface area contributed by atoms with E-state index < -0.39 is 0 Å². The number of fused-ring (bicyclic) bond motifs is 2. The van der Waals surface area contributed by atoms with Gasteiger partial charge in [-0.2, -0.15) is 0 Å². The summed E-state index contributed by atoms with van der Waals surface area (Å²) >= 11 is 3.58. The largest absolute Gasteiger partial charge is 0.492 e. The summed E-state index contributed by atoms with van der Waals surface area (Å²) < 4.78 is 12.3. The van der Waals surface area contributed by atoms with Crippen molar-refractivity contribution in [1.82, 2.24) is 9.80 Å². The molecule has 0 spiro atoms. The molecule has 2 aromatic carbocycles. The van der Waals surface area contributed by atoms with Crippen LogP contribution < -0.4 is 9.47 Å². The number of nitrogens with zero attached hydrogens (tertiary/aromatic N) is 2. The molecule has 1 aliphatic heterocycles. The standard InChI is InChI=1S/C29H32N2O2S2/c1-3-8-24(9-4-1)20-30-14-15-31(21-25-10-5-2-6-11-25)23-29-27(13-19-35-29)33-17-7-16-32-26-12-18-34-28(26)22-30/h1-6,8-13,18-19H,7,14-17,20-23H2. The lowest BCUT2D eigenvalue weighted by Gasteiger charge is -2.28. The Balaban J connectivity index is 1.40. The van der Waals surface area contributed by atoms with Gasteiger partial charge in [0.15, 0.2) is 0 Å². The van der Waals surface area contributed by atoms with Crippen molar-refractivity contribution in [3.05, 3.63) is 104 Å². The lowest BCUT2D eigenvalue weighted by Crippen LogP contribution is -2.34. The van der Waals surface area contributed by atoms with Crippen molar-refractivity contribution in [2.75, 3.05) is 26.3 Å². The Morgan fingerprint density at radius 2 is 1.06 bits per heavy atom. The van der Waals surface area contributed by atoms with Gasteiger partial charge >= 0.3 is 0 Å². The van der Waals surface area contributed by atoms with E-state index in [2.05, 4.69) is 93.4 Å². The Labute approximate surface area is 216 Å². The van der Waals surface area contributed by atoms with Crippen molar-refractivity contribution in [3.63, 3.8) is 0 Å². The Bertz CT molecular complexity index is 1070. The fourth-order valence-electron chi connectivity index (χ4n) is 4.37. The molecule has 4 nitrogen and oxygen atoms in total. The molecule has 0 atom stereocenters. The molecule has 4 aromatic rings. The van der Waals surface area contributed by atoms with E-state index in [4.69, 9.17) is 9.47 Å². The smallest absolute Gasteiger partial charge is 0.134 e. The molecule has 2 aromatic heterocycles. The molecule has 35 heavy (non-hydrogen) atoms. The summed E-state index contributed by atoms with van der Waals surface area (Å²) in [5.41, 5.74) is 2.68. The third-order valence-corrected chi connectivity index (χ3v) is 7.95. The SMILES string of the molecule is c1ccc(CN2CCN(Cc3ccccc3)Cc3sccc3OCCCOc3ccsc3C2)cc1. The minimum atomic E-state index is 0.669. The first kappa shape index (κ1) is 24.1. The summed E-state index contributed by atoms with van der Waals surface area (Å²) in [7, 11) is 0. The Hall–Kier alpha value is -2.64. The summed E-state index contributed by atoms with van der Waals surface area (Å²) in [5.74, 6) is 2.03. The van der Waals surface area contributed by atoms with Gasteiger partial charge in [-0.25, -0.2) is 0 Å². The molecular formula is C29H32N2O2S2. The number of benzene rings is 2. The van der Waals surface area contributed by atoms with Gasteiger partial charge in [-0.3, -0.25) is 9.80 Å².